The van der Waals surface area contributed by atoms with Crippen LogP contribution in [0.25, 0.3) is 0 Å². The monoisotopic (exact) mass is 422 g/mol. The summed E-state index contributed by atoms with van der Waals surface area (Å²) in [6.07, 6.45) is 8.08. The zero-order chi connectivity index (χ0) is 17.6. The van der Waals surface area contributed by atoms with E-state index >= 15 is 0 Å². The summed E-state index contributed by atoms with van der Waals surface area (Å²) in [5, 5.41) is 6.79. The molecule has 2 atom stereocenters. The number of nitrogens with zero attached hydrogens (tertiary/aromatic N) is 2. The summed E-state index contributed by atoms with van der Waals surface area (Å²) in [5.41, 5.74) is 0. The number of carbonyl (C=O) groups is 1. The smallest absolute Gasteiger partial charge is 0.220 e. The number of amides is 1. The van der Waals surface area contributed by atoms with Gasteiger partial charge >= 0.3 is 0 Å². The molecular weight excluding hydrogens is 383 g/mol. The van der Waals surface area contributed by atoms with Gasteiger partial charge in [0.05, 0.1) is 0 Å². The van der Waals surface area contributed by atoms with Gasteiger partial charge in [0.1, 0.15) is 0 Å². The lowest BCUT2D eigenvalue weighted by molar-refractivity contribution is -0.123. The fourth-order valence-corrected chi connectivity index (χ4v) is 4.88. The Bertz CT molecular complexity index is 418. The van der Waals surface area contributed by atoms with E-state index in [0.717, 1.165) is 45.1 Å². The first kappa shape index (κ1) is 25.0. The number of hydrogen-bond acceptors (Lipinski definition) is 4. The molecule has 0 saturated carbocycles. The average Bonchev–Trinajstić information content (AvgIpc) is 2.64. The van der Waals surface area contributed by atoms with Crippen LogP contribution in [0.15, 0.2) is 0 Å². The second-order valence-corrected chi connectivity index (χ2v) is 8.70. The number of piperidine rings is 3. The molecule has 3 aliphatic rings. The predicted octanol–water partition coefficient (Wildman–Crippen LogP) is 2.53. The Morgan fingerprint density at radius 3 is 2.33 bits per heavy atom. The highest BCUT2D eigenvalue weighted by molar-refractivity contribution is 5.85. The van der Waals surface area contributed by atoms with Gasteiger partial charge in [-0.25, -0.2) is 0 Å². The highest BCUT2D eigenvalue weighted by Crippen LogP contribution is 2.23. The quantitative estimate of drug-likeness (QED) is 0.714. The highest BCUT2D eigenvalue weighted by atomic mass is 35.5. The molecule has 160 valence electrons. The molecule has 5 nitrogen and oxygen atoms in total. The lowest BCUT2D eigenvalue weighted by Crippen LogP contribution is -2.50. The molecule has 27 heavy (non-hydrogen) atoms. The molecule has 3 aliphatic heterocycles. The third kappa shape index (κ3) is 7.69. The summed E-state index contributed by atoms with van der Waals surface area (Å²) in [4.78, 5) is 17.5. The van der Waals surface area contributed by atoms with Crippen molar-refractivity contribution < 1.29 is 4.79 Å². The minimum absolute atomic E-state index is 0. The number of likely N-dealkylation sites (tertiary alicyclic amines) is 2. The van der Waals surface area contributed by atoms with Crippen LogP contribution in [0.1, 0.15) is 51.9 Å². The number of hydrogen-bond donors (Lipinski definition) is 2. The van der Waals surface area contributed by atoms with Gasteiger partial charge in [0.2, 0.25) is 5.91 Å². The molecular formula is C20H40Cl2N4O. The van der Waals surface area contributed by atoms with Crippen molar-refractivity contribution in [3.63, 3.8) is 0 Å². The number of rotatable bonds is 5. The molecule has 0 aromatic heterocycles. The molecule has 3 rings (SSSR count). The second kappa shape index (κ2) is 12.5. The first-order valence-corrected chi connectivity index (χ1v) is 10.5. The van der Waals surface area contributed by atoms with Gasteiger partial charge < -0.3 is 20.4 Å². The van der Waals surface area contributed by atoms with E-state index in [9.17, 15) is 4.79 Å². The number of carbonyl (C=O) groups excluding carboxylic acids is 1. The molecule has 0 radical (unpaired) electrons. The van der Waals surface area contributed by atoms with E-state index in [2.05, 4.69) is 34.4 Å². The third-order valence-corrected chi connectivity index (χ3v) is 6.75. The van der Waals surface area contributed by atoms with E-state index in [1.807, 2.05) is 0 Å². The molecule has 0 spiro atoms. The van der Waals surface area contributed by atoms with Crippen molar-refractivity contribution in [1.82, 2.24) is 20.4 Å². The fraction of sp³-hybridized carbons (Fsp3) is 0.950. The minimum atomic E-state index is 0. The molecule has 1 amide bonds. The first-order valence-electron chi connectivity index (χ1n) is 10.5. The summed E-state index contributed by atoms with van der Waals surface area (Å²) in [7, 11) is 2.22. The van der Waals surface area contributed by atoms with E-state index in [1.165, 1.54) is 38.8 Å². The predicted molar refractivity (Wildman–Crippen MR) is 117 cm³/mol. The van der Waals surface area contributed by atoms with Crippen LogP contribution in [0.2, 0.25) is 0 Å². The Morgan fingerprint density at radius 2 is 1.74 bits per heavy atom. The van der Waals surface area contributed by atoms with Gasteiger partial charge in [-0.2, -0.15) is 0 Å². The summed E-state index contributed by atoms with van der Waals surface area (Å²) in [6, 6.07) is 1.17. The van der Waals surface area contributed by atoms with E-state index in [0.29, 0.717) is 24.3 Å². The lowest BCUT2D eigenvalue weighted by Gasteiger charge is -2.41. The molecule has 3 saturated heterocycles. The van der Waals surface area contributed by atoms with Crippen LogP contribution in [0.4, 0.5) is 0 Å². The Labute approximate surface area is 178 Å². The normalized spacial score (nSPS) is 27.3. The zero-order valence-electron chi connectivity index (χ0n) is 17.1. The van der Waals surface area contributed by atoms with Gasteiger partial charge in [-0.05, 0) is 83.6 Å². The molecule has 0 bridgehead atoms. The summed E-state index contributed by atoms with van der Waals surface area (Å²) in [6.45, 7) is 9.25. The maximum absolute atomic E-state index is 12.4. The summed E-state index contributed by atoms with van der Waals surface area (Å²) < 4.78 is 0. The molecule has 7 heteroatoms. The van der Waals surface area contributed by atoms with E-state index in [-0.39, 0.29) is 30.7 Å². The fourth-order valence-electron chi connectivity index (χ4n) is 4.88. The van der Waals surface area contributed by atoms with Gasteiger partial charge in [0, 0.05) is 31.6 Å². The van der Waals surface area contributed by atoms with Crippen molar-refractivity contribution in [2.24, 2.45) is 11.8 Å². The van der Waals surface area contributed by atoms with Crippen molar-refractivity contribution in [3.8, 4) is 0 Å². The van der Waals surface area contributed by atoms with Gasteiger partial charge in [0.25, 0.3) is 0 Å². The van der Waals surface area contributed by atoms with Gasteiger partial charge in [-0.15, -0.1) is 24.8 Å². The molecule has 0 aliphatic carbocycles. The standard InChI is InChI=1S/C20H38N4O.2ClH/c1-16(17-4-3-9-21-15-17)14-20(25)22-18-5-12-24(13-6-18)19-7-10-23(2)11-8-19;;/h16-19,21H,3-15H2,1-2H3,(H,22,25);2*1H. The summed E-state index contributed by atoms with van der Waals surface area (Å²) in [5.74, 6) is 1.44. The molecule has 0 aromatic carbocycles. The van der Waals surface area contributed by atoms with Gasteiger partial charge in [-0.3, -0.25) is 4.79 Å². The van der Waals surface area contributed by atoms with E-state index in [4.69, 9.17) is 0 Å². The largest absolute Gasteiger partial charge is 0.353 e. The third-order valence-electron chi connectivity index (χ3n) is 6.75. The van der Waals surface area contributed by atoms with E-state index in [1.54, 1.807) is 0 Å². The van der Waals surface area contributed by atoms with Crippen LogP contribution in [-0.4, -0.2) is 74.1 Å². The molecule has 2 N–H and O–H groups in total. The number of nitrogens with one attached hydrogen (secondary N) is 2. The zero-order valence-corrected chi connectivity index (χ0v) is 18.8. The SMILES string of the molecule is CC(CC(=O)NC1CCN(C2CCN(C)CC2)CC1)C1CCCNC1.Cl.Cl. The van der Waals surface area contributed by atoms with Crippen LogP contribution in [0.3, 0.4) is 0 Å². The maximum atomic E-state index is 12.4. The first-order chi connectivity index (χ1) is 12.1. The summed E-state index contributed by atoms with van der Waals surface area (Å²) >= 11 is 0. The highest BCUT2D eigenvalue weighted by Gasteiger charge is 2.28. The van der Waals surface area contributed by atoms with Gasteiger partial charge in [0.15, 0.2) is 0 Å². The van der Waals surface area contributed by atoms with Gasteiger partial charge in [-0.1, -0.05) is 6.92 Å². The molecule has 3 heterocycles. The Morgan fingerprint density at radius 1 is 1.07 bits per heavy atom. The Hall–Kier alpha value is -0.0700. The van der Waals surface area contributed by atoms with Crippen molar-refractivity contribution >= 4 is 30.7 Å². The maximum Gasteiger partial charge on any atom is 0.220 e. The van der Waals surface area contributed by atoms with Crippen molar-refractivity contribution in [2.45, 2.75) is 64.0 Å². The van der Waals surface area contributed by atoms with Crippen LogP contribution in [0, 0.1) is 11.8 Å². The van der Waals surface area contributed by atoms with Crippen molar-refractivity contribution in [3.05, 3.63) is 0 Å². The second-order valence-electron chi connectivity index (χ2n) is 8.70. The van der Waals surface area contributed by atoms with Crippen LogP contribution >= 0.6 is 24.8 Å². The number of halogens is 2. The molecule has 2 unspecified atom stereocenters. The Kier molecular flexibility index (Phi) is 11.5. The Balaban J connectivity index is 0.00000182. The minimum Gasteiger partial charge on any atom is -0.353 e. The van der Waals surface area contributed by atoms with Crippen LogP contribution < -0.4 is 10.6 Å². The van der Waals surface area contributed by atoms with Crippen molar-refractivity contribution in [2.75, 3.05) is 46.3 Å². The molecule has 0 aromatic rings. The molecule has 3 fully saturated rings. The van der Waals surface area contributed by atoms with Crippen LogP contribution in [0.5, 0.6) is 0 Å². The topological polar surface area (TPSA) is 47.6 Å². The van der Waals surface area contributed by atoms with E-state index < -0.39 is 0 Å². The van der Waals surface area contributed by atoms with Crippen LogP contribution in [-0.2, 0) is 4.79 Å². The average molecular weight is 423 g/mol. The van der Waals surface area contributed by atoms with Crippen molar-refractivity contribution in [1.29, 1.82) is 0 Å². The lowest BCUT2D eigenvalue weighted by atomic mass is 9.85.